The van der Waals surface area contributed by atoms with E-state index in [-0.39, 0.29) is 16.9 Å². The highest BCUT2D eigenvalue weighted by Crippen LogP contribution is 2.44. The maximum Gasteiger partial charge on any atom is 0.271 e. The Morgan fingerprint density at radius 2 is 2.16 bits per heavy atom. The number of hydrogen-bond acceptors (Lipinski definition) is 7. The van der Waals surface area contributed by atoms with Crippen molar-refractivity contribution in [2.45, 2.75) is 26.7 Å². The van der Waals surface area contributed by atoms with Crippen molar-refractivity contribution in [2.75, 3.05) is 18.1 Å². The van der Waals surface area contributed by atoms with E-state index >= 15 is 0 Å². The average Bonchev–Trinajstić information content (AvgIpc) is 2.96. The predicted octanol–water partition coefficient (Wildman–Crippen LogP) is 3.74. The molecule has 130 valence electrons. The molecule has 4 rings (SSSR count). The highest BCUT2D eigenvalue weighted by molar-refractivity contribution is 7.17. The quantitative estimate of drug-likeness (QED) is 0.600. The van der Waals surface area contributed by atoms with Gasteiger partial charge in [-0.25, -0.2) is 4.98 Å². The Balaban J connectivity index is 1.77. The number of fused-ring (bicyclic) bond motifs is 2. The molecule has 0 amide bonds. The van der Waals surface area contributed by atoms with E-state index in [1.807, 2.05) is 4.90 Å². The fraction of sp³-hybridized carbons (Fsp3) is 0.412. The molecule has 1 aromatic heterocycles. The van der Waals surface area contributed by atoms with Gasteiger partial charge in [0, 0.05) is 18.6 Å². The van der Waals surface area contributed by atoms with E-state index in [0.29, 0.717) is 41.0 Å². The molecular weight excluding hydrogens is 342 g/mol. The second-order valence-electron chi connectivity index (χ2n) is 7.12. The molecule has 0 fully saturated rings. The predicted molar refractivity (Wildman–Crippen MR) is 94.1 cm³/mol. The van der Waals surface area contributed by atoms with Gasteiger partial charge < -0.3 is 9.64 Å². The molecule has 0 N–H and O–H groups in total. The number of anilines is 2. The zero-order valence-corrected chi connectivity index (χ0v) is 14.8. The molecule has 1 aromatic carbocycles. The van der Waals surface area contributed by atoms with Crippen LogP contribution in [0.4, 0.5) is 16.5 Å². The molecule has 1 aliphatic heterocycles. The van der Waals surface area contributed by atoms with Gasteiger partial charge in [0.25, 0.3) is 5.69 Å². The average molecular weight is 359 g/mol. The maximum atomic E-state index is 12.4. The van der Waals surface area contributed by atoms with E-state index in [0.717, 1.165) is 12.1 Å². The molecule has 2 heterocycles. The number of nitro benzene ring substituents is 1. The Morgan fingerprint density at radius 1 is 1.36 bits per heavy atom. The summed E-state index contributed by atoms with van der Waals surface area (Å²) in [4.78, 5) is 30.4. The van der Waals surface area contributed by atoms with Crippen LogP contribution in [0.2, 0.25) is 0 Å². The molecule has 7 nitrogen and oxygen atoms in total. The van der Waals surface area contributed by atoms with Gasteiger partial charge in [-0.15, -0.1) is 0 Å². The van der Waals surface area contributed by atoms with Crippen molar-refractivity contribution in [3.8, 4) is 5.75 Å². The summed E-state index contributed by atoms with van der Waals surface area (Å²) in [6.45, 7) is 5.15. The Kier molecular flexibility index (Phi) is 3.54. The summed E-state index contributed by atoms with van der Waals surface area (Å²) < 4.78 is 5.61. The van der Waals surface area contributed by atoms with Gasteiger partial charge in [0.1, 0.15) is 12.4 Å². The second kappa shape index (κ2) is 5.52. The van der Waals surface area contributed by atoms with Crippen molar-refractivity contribution in [1.82, 2.24) is 4.98 Å². The van der Waals surface area contributed by atoms with Crippen molar-refractivity contribution < 1.29 is 14.5 Å². The number of Topliss-reactive ketones (excluding diaryl/α,β-unsaturated/α-hetero) is 1. The first-order chi connectivity index (χ1) is 11.8. The van der Waals surface area contributed by atoms with Crippen LogP contribution in [0.15, 0.2) is 18.2 Å². The monoisotopic (exact) mass is 359 g/mol. The van der Waals surface area contributed by atoms with Gasteiger partial charge in [-0.2, -0.15) is 0 Å². The maximum absolute atomic E-state index is 12.4. The Hall–Kier alpha value is -2.48. The zero-order chi connectivity index (χ0) is 17.8. The number of carbonyl (C=O) groups excluding carboxylic acids is 1. The minimum atomic E-state index is -0.425. The number of benzene rings is 1. The number of ketones is 1. The first kappa shape index (κ1) is 16.0. The van der Waals surface area contributed by atoms with Gasteiger partial charge in [-0.1, -0.05) is 25.2 Å². The lowest BCUT2D eigenvalue weighted by molar-refractivity contribution is -0.384. The molecule has 0 unspecified atom stereocenters. The van der Waals surface area contributed by atoms with Gasteiger partial charge in [0.05, 0.1) is 27.7 Å². The largest absolute Gasteiger partial charge is 0.490 e. The zero-order valence-electron chi connectivity index (χ0n) is 13.9. The lowest BCUT2D eigenvalue weighted by atomic mass is 9.78. The number of hydrogen-bond donors (Lipinski definition) is 0. The molecule has 0 spiro atoms. The van der Waals surface area contributed by atoms with Gasteiger partial charge in [0.2, 0.25) is 0 Å². The third-order valence-electron chi connectivity index (χ3n) is 4.47. The molecule has 0 saturated heterocycles. The smallest absolute Gasteiger partial charge is 0.271 e. The summed E-state index contributed by atoms with van der Waals surface area (Å²) in [7, 11) is 0. The molecule has 1 aliphatic carbocycles. The van der Waals surface area contributed by atoms with E-state index < -0.39 is 4.92 Å². The van der Waals surface area contributed by atoms with E-state index in [2.05, 4.69) is 13.8 Å². The number of carbonyl (C=O) groups is 1. The van der Waals surface area contributed by atoms with Crippen LogP contribution >= 0.6 is 11.3 Å². The van der Waals surface area contributed by atoms with Gasteiger partial charge >= 0.3 is 0 Å². The molecule has 2 aliphatic rings. The lowest BCUT2D eigenvalue weighted by Gasteiger charge is -2.28. The minimum absolute atomic E-state index is 0.00720. The summed E-state index contributed by atoms with van der Waals surface area (Å²) in [6.07, 6.45) is 1.28. The van der Waals surface area contributed by atoms with Gasteiger partial charge in [0.15, 0.2) is 10.9 Å². The topological polar surface area (TPSA) is 85.6 Å². The number of thiazole rings is 1. The summed E-state index contributed by atoms with van der Waals surface area (Å²) in [5.41, 5.74) is 1.38. The number of nitro groups is 1. The van der Waals surface area contributed by atoms with E-state index in [9.17, 15) is 14.9 Å². The van der Waals surface area contributed by atoms with Gasteiger partial charge in [-0.3, -0.25) is 14.9 Å². The van der Waals surface area contributed by atoms with Crippen molar-refractivity contribution in [1.29, 1.82) is 0 Å². The van der Waals surface area contributed by atoms with Crippen LogP contribution in [0.3, 0.4) is 0 Å². The molecule has 0 atom stereocenters. The van der Waals surface area contributed by atoms with Gasteiger partial charge in [-0.05, 0) is 17.9 Å². The molecule has 0 saturated carbocycles. The molecular formula is C17H17N3O4S. The fourth-order valence-electron chi connectivity index (χ4n) is 3.34. The van der Waals surface area contributed by atoms with E-state index in [1.54, 1.807) is 6.07 Å². The van der Waals surface area contributed by atoms with Crippen molar-refractivity contribution in [3.05, 3.63) is 38.9 Å². The Labute approximate surface area is 148 Å². The first-order valence-corrected chi connectivity index (χ1v) is 8.87. The first-order valence-electron chi connectivity index (χ1n) is 8.06. The molecule has 8 heteroatoms. The lowest BCUT2D eigenvalue weighted by Crippen LogP contribution is -2.28. The number of non-ortho nitro benzene ring substituents is 1. The highest BCUT2D eigenvalue weighted by Gasteiger charge is 2.35. The third-order valence-corrected chi connectivity index (χ3v) is 5.63. The number of rotatable bonds is 2. The Morgan fingerprint density at radius 3 is 2.92 bits per heavy atom. The molecule has 0 bridgehead atoms. The molecule has 0 radical (unpaired) electrons. The highest BCUT2D eigenvalue weighted by atomic mass is 32.1. The fourth-order valence-corrected chi connectivity index (χ4v) is 4.40. The standard InChI is InChI=1S/C17H17N3O4S/c1-17(2)8-11-15(13(21)9-17)25-16(18-11)19-5-6-24-14-4-3-10(20(22)23)7-12(14)19/h3-4,7H,5-6,8-9H2,1-2H3. The second-order valence-corrected chi connectivity index (χ2v) is 8.10. The molecule has 2 aromatic rings. The molecule has 25 heavy (non-hydrogen) atoms. The van der Waals surface area contributed by atoms with E-state index in [4.69, 9.17) is 9.72 Å². The van der Waals surface area contributed by atoms with Crippen molar-refractivity contribution in [3.63, 3.8) is 0 Å². The summed E-state index contributed by atoms with van der Waals surface area (Å²) in [5, 5.41) is 11.8. The summed E-state index contributed by atoms with van der Waals surface area (Å²) in [5.74, 6) is 0.721. The van der Waals surface area contributed by atoms with E-state index in [1.165, 1.54) is 23.5 Å². The normalized spacial score (nSPS) is 18.3. The number of nitrogens with zero attached hydrogens (tertiary/aromatic N) is 3. The van der Waals surface area contributed by atoms with Crippen LogP contribution in [-0.2, 0) is 6.42 Å². The van der Waals surface area contributed by atoms with Crippen LogP contribution in [0, 0.1) is 15.5 Å². The van der Waals surface area contributed by atoms with Crippen LogP contribution in [0.1, 0.15) is 35.6 Å². The minimum Gasteiger partial charge on any atom is -0.490 e. The SMILES string of the molecule is CC1(C)CC(=O)c2sc(N3CCOc4ccc([N+](=O)[O-])cc43)nc2C1. The number of aromatic nitrogens is 1. The van der Waals surface area contributed by atoms with Crippen molar-refractivity contribution in [2.24, 2.45) is 5.41 Å². The summed E-state index contributed by atoms with van der Waals surface area (Å²) >= 11 is 1.37. The van der Waals surface area contributed by atoms with Crippen molar-refractivity contribution >= 4 is 33.6 Å². The summed E-state index contributed by atoms with van der Waals surface area (Å²) in [6, 6.07) is 4.54. The Bertz CT molecular complexity index is 890. The number of ether oxygens (including phenoxy) is 1. The third kappa shape index (κ3) is 2.76. The van der Waals surface area contributed by atoms with Crippen LogP contribution in [0.25, 0.3) is 0 Å². The van der Waals surface area contributed by atoms with Crippen LogP contribution in [-0.4, -0.2) is 28.8 Å². The van der Waals surface area contributed by atoms with Crippen LogP contribution in [0.5, 0.6) is 5.75 Å². The van der Waals surface area contributed by atoms with Crippen LogP contribution < -0.4 is 9.64 Å².